The fourth-order valence-electron chi connectivity index (χ4n) is 9.82. The van der Waals surface area contributed by atoms with Crippen LogP contribution in [0.15, 0.2) is 97.3 Å². The van der Waals surface area contributed by atoms with Gasteiger partial charge in [0.05, 0.1) is 50.1 Å². The number of rotatable bonds is 11. The first-order valence-electron chi connectivity index (χ1n) is 22.2. The second-order valence-electron chi connectivity index (χ2n) is 17.5. The molecule has 2 aromatic heterocycles. The van der Waals surface area contributed by atoms with E-state index in [2.05, 4.69) is 93.4 Å². The Balaban J connectivity index is 0.865. The van der Waals surface area contributed by atoms with Crippen molar-refractivity contribution in [3.63, 3.8) is 0 Å². The number of methoxy groups -OCH3 is 2. The van der Waals surface area contributed by atoms with Crippen LogP contribution in [0.3, 0.4) is 0 Å². The third kappa shape index (κ3) is 8.44. The Kier molecular flexibility index (Phi) is 11.9. The Morgan fingerprint density at radius 3 is 1.72 bits per heavy atom. The SMILES string of the molecule is COC(=O)N[C@H](C(=O)N1CCCC1c1ncc(-c2ccc3cc(-c4ccc(-c5cnc(C6CCCN6C(=O)[C@@H](NC(=O)OC)C6Cc7ccccc7C6)[nH]5)cc4)ccc3c2)[nH]1)C(C)C. The first-order chi connectivity index (χ1) is 31.1. The molecule has 64 heavy (non-hydrogen) atoms. The van der Waals surface area contributed by atoms with Crippen LogP contribution in [0.5, 0.6) is 0 Å². The molecule has 4 amide bonds. The lowest BCUT2D eigenvalue weighted by molar-refractivity contribution is -0.136. The van der Waals surface area contributed by atoms with Crippen molar-refractivity contribution in [3.8, 4) is 33.6 Å². The third-order valence-corrected chi connectivity index (χ3v) is 13.2. The summed E-state index contributed by atoms with van der Waals surface area (Å²) < 4.78 is 9.73. The summed E-state index contributed by atoms with van der Waals surface area (Å²) in [4.78, 5) is 72.5. The maximum absolute atomic E-state index is 14.3. The summed E-state index contributed by atoms with van der Waals surface area (Å²) in [5, 5.41) is 7.78. The molecule has 9 rings (SSSR count). The zero-order valence-electron chi connectivity index (χ0n) is 36.6. The molecule has 14 nitrogen and oxygen atoms in total. The van der Waals surface area contributed by atoms with E-state index in [0.717, 1.165) is 94.6 Å². The Hall–Kier alpha value is -6.96. The third-order valence-electron chi connectivity index (χ3n) is 13.2. The number of aromatic amines is 2. The molecule has 1 aliphatic carbocycles. The Bertz CT molecular complexity index is 2660. The van der Waals surface area contributed by atoms with E-state index in [1.165, 1.54) is 25.3 Å². The number of carbonyl (C=O) groups excluding carboxylic acids is 4. The van der Waals surface area contributed by atoms with Gasteiger partial charge in [0, 0.05) is 18.7 Å². The molecule has 2 aliphatic heterocycles. The Morgan fingerprint density at radius 1 is 0.641 bits per heavy atom. The number of likely N-dealkylation sites (tertiary alicyclic amines) is 2. The molecule has 2 unspecified atom stereocenters. The summed E-state index contributed by atoms with van der Waals surface area (Å²) in [5.41, 5.74) is 8.31. The molecule has 4 atom stereocenters. The molecule has 0 bridgehead atoms. The van der Waals surface area contributed by atoms with Crippen LogP contribution in [0.25, 0.3) is 44.4 Å². The summed E-state index contributed by atoms with van der Waals surface area (Å²) in [6.07, 6.45) is 7.11. The van der Waals surface area contributed by atoms with Gasteiger partial charge in [-0.15, -0.1) is 0 Å². The number of imidazole rings is 2. The Morgan fingerprint density at radius 2 is 1.14 bits per heavy atom. The summed E-state index contributed by atoms with van der Waals surface area (Å²) in [7, 11) is 2.62. The van der Waals surface area contributed by atoms with Gasteiger partial charge in [0.15, 0.2) is 0 Å². The molecule has 2 saturated heterocycles. The zero-order valence-corrected chi connectivity index (χ0v) is 36.6. The number of benzene rings is 4. The average Bonchev–Trinajstić information content (AvgIpc) is 4.18. The van der Waals surface area contributed by atoms with E-state index in [0.29, 0.717) is 13.1 Å². The van der Waals surface area contributed by atoms with Gasteiger partial charge in [-0.3, -0.25) is 9.59 Å². The fraction of sp³-hybridized carbons (Fsp3) is 0.360. The quantitative estimate of drug-likeness (QED) is 0.101. The number of nitrogens with zero attached hydrogens (tertiary/aromatic N) is 4. The Labute approximate surface area is 372 Å². The zero-order chi connectivity index (χ0) is 44.5. The minimum absolute atomic E-state index is 0.0647. The number of amides is 4. The number of alkyl carbamates (subject to hydrolysis) is 2. The van der Waals surface area contributed by atoms with Crippen molar-refractivity contribution in [1.82, 2.24) is 40.4 Å². The van der Waals surface area contributed by atoms with E-state index < -0.39 is 24.3 Å². The standard InChI is InChI=1S/C50H54N8O6/c1-29(2)43(55-49(61)63-3)47(59)57-21-7-11-41(57)46-52-28-40(54-46)37-20-19-35-23-34(17-18-36(35)24-37)30-13-15-31(16-14-30)39-27-51-45(53-39)42-12-8-22-58(42)48(60)44(56-50(62)64-4)38-25-32-9-5-6-10-33(32)26-38/h5-6,9-10,13-20,23-24,27-29,38,41-44H,7-8,11-12,21-22,25-26H2,1-4H3,(H,51,53)(H,52,54)(H,55,61)(H,56,62)/t41?,42?,43-,44-/m0/s1. The van der Waals surface area contributed by atoms with Crippen molar-refractivity contribution < 1.29 is 28.7 Å². The maximum Gasteiger partial charge on any atom is 0.407 e. The van der Waals surface area contributed by atoms with Crippen molar-refractivity contribution in [1.29, 1.82) is 0 Å². The van der Waals surface area contributed by atoms with Gasteiger partial charge in [-0.25, -0.2) is 19.6 Å². The van der Waals surface area contributed by atoms with Crippen molar-refractivity contribution in [2.75, 3.05) is 27.3 Å². The second-order valence-corrected chi connectivity index (χ2v) is 17.5. The molecule has 2 fully saturated rings. The number of fused-ring (bicyclic) bond motifs is 2. The lowest BCUT2D eigenvalue weighted by Crippen LogP contribution is -2.52. The summed E-state index contributed by atoms with van der Waals surface area (Å²) in [6, 6.07) is 27.5. The van der Waals surface area contributed by atoms with Crippen LogP contribution in [-0.4, -0.2) is 93.1 Å². The first-order valence-corrected chi connectivity index (χ1v) is 22.2. The lowest BCUT2D eigenvalue weighted by Gasteiger charge is -2.31. The number of H-pyrrole nitrogens is 2. The number of nitrogens with one attached hydrogen (secondary N) is 4. The van der Waals surface area contributed by atoms with Crippen LogP contribution >= 0.6 is 0 Å². The molecule has 4 N–H and O–H groups in total. The number of hydrogen-bond donors (Lipinski definition) is 4. The molecule has 14 heteroatoms. The van der Waals surface area contributed by atoms with Crippen LogP contribution < -0.4 is 10.6 Å². The molecule has 0 saturated carbocycles. The number of aromatic nitrogens is 4. The predicted molar refractivity (Wildman–Crippen MR) is 243 cm³/mol. The van der Waals surface area contributed by atoms with Gasteiger partial charge >= 0.3 is 12.2 Å². The molecule has 330 valence electrons. The van der Waals surface area contributed by atoms with Crippen molar-refractivity contribution >= 4 is 34.8 Å². The van der Waals surface area contributed by atoms with E-state index in [1.807, 2.05) is 48.2 Å². The van der Waals surface area contributed by atoms with Crippen molar-refractivity contribution in [2.45, 2.75) is 76.5 Å². The highest BCUT2D eigenvalue weighted by Crippen LogP contribution is 2.37. The topological polar surface area (TPSA) is 175 Å². The summed E-state index contributed by atoms with van der Waals surface area (Å²) in [5.74, 6) is 1.04. The van der Waals surface area contributed by atoms with Gasteiger partial charge in [0.2, 0.25) is 11.8 Å². The summed E-state index contributed by atoms with van der Waals surface area (Å²) in [6.45, 7) is 5.00. The monoisotopic (exact) mass is 862 g/mol. The van der Waals surface area contributed by atoms with Gasteiger partial charge < -0.3 is 39.9 Å². The van der Waals surface area contributed by atoms with Crippen molar-refractivity contribution in [2.24, 2.45) is 11.8 Å². The molecule has 0 radical (unpaired) electrons. The molecule has 4 aromatic carbocycles. The lowest BCUT2D eigenvalue weighted by atomic mass is 9.95. The van der Waals surface area contributed by atoms with E-state index >= 15 is 0 Å². The maximum atomic E-state index is 14.3. The molecule has 0 spiro atoms. The number of hydrogen-bond acceptors (Lipinski definition) is 8. The molecule has 3 aliphatic rings. The van der Waals surface area contributed by atoms with Gasteiger partial charge in [-0.1, -0.05) is 86.6 Å². The molecule has 6 aromatic rings. The van der Waals surface area contributed by atoms with Crippen LogP contribution in [0.4, 0.5) is 9.59 Å². The minimum atomic E-state index is -0.708. The van der Waals surface area contributed by atoms with Crippen LogP contribution in [0.2, 0.25) is 0 Å². The fourth-order valence-corrected chi connectivity index (χ4v) is 9.82. The highest BCUT2D eigenvalue weighted by atomic mass is 16.5. The van der Waals surface area contributed by atoms with E-state index in [1.54, 1.807) is 0 Å². The summed E-state index contributed by atoms with van der Waals surface area (Å²) >= 11 is 0. The molecular formula is C50H54N8O6. The highest BCUT2D eigenvalue weighted by Gasteiger charge is 2.42. The van der Waals surface area contributed by atoms with Crippen LogP contribution in [-0.2, 0) is 31.9 Å². The van der Waals surface area contributed by atoms with Gasteiger partial charge in [-0.2, -0.15) is 0 Å². The highest BCUT2D eigenvalue weighted by molar-refractivity contribution is 5.91. The van der Waals surface area contributed by atoms with E-state index in [9.17, 15) is 19.2 Å². The van der Waals surface area contributed by atoms with Gasteiger partial charge in [0.25, 0.3) is 0 Å². The second kappa shape index (κ2) is 18.0. The normalized spacial score (nSPS) is 18.3. The number of ether oxygens (including phenoxy) is 2. The van der Waals surface area contributed by atoms with Gasteiger partial charge in [-0.05, 0) is 101 Å². The van der Waals surface area contributed by atoms with E-state index in [4.69, 9.17) is 19.4 Å². The van der Waals surface area contributed by atoms with Crippen LogP contribution in [0, 0.1) is 11.8 Å². The predicted octanol–water partition coefficient (Wildman–Crippen LogP) is 8.13. The van der Waals surface area contributed by atoms with Crippen molar-refractivity contribution in [3.05, 3.63) is 120 Å². The van der Waals surface area contributed by atoms with Crippen LogP contribution in [0.1, 0.15) is 74.4 Å². The molecule has 4 heterocycles. The number of carbonyl (C=O) groups is 4. The smallest absolute Gasteiger partial charge is 0.407 e. The van der Waals surface area contributed by atoms with Gasteiger partial charge in [0.1, 0.15) is 23.7 Å². The largest absolute Gasteiger partial charge is 0.453 e. The minimum Gasteiger partial charge on any atom is -0.453 e. The average molecular weight is 863 g/mol. The van der Waals surface area contributed by atoms with E-state index in [-0.39, 0.29) is 35.7 Å². The first kappa shape index (κ1) is 42.3. The molecular weight excluding hydrogens is 809 g/mol.